The molecule has 0 aliphatic heterocycles. The minimum Gasteiger partial charge on any atom is -0.280 e. The summed E-state index contributed by atoms with van der Waals surface area (Å²) in [6, 6.07) is 16.5. The van der Waals surface area contributed by atoms with Gasteiger partial charge in [-0.2, -0.15) is 5.10 Å². The number of rotatable bonds is 7. The van der Waals surface area contributed by atoms with Crippen molar-refractivity contribution < 1.29 is 13.3 Å². The lowest BCUT2D eigenvalue weighted by molar-refractivity contribution is -0.384. The second-order valence-electron chi connectivity index (χ2n) is 5.94. The van der Waals surface area contributed by atoms with Crippen molar-refractivity contribution in [3.63, 3.8) is 0 Å². The number of halogens is 2. The Morgan fingerprint density at radius 2 is 1.77 bits per heavy atom. The third-order valence-electron chi connectivity index (χ3n) is 3.85. The molecule has 0 bridgehead atoms. The number of benzene rings is 3. The van der Waals surface area contributed by atoms with E-state index >= 15 is 0 Å². The number of hydrogen-bond donors (Lipinski definition) is 2. The fraction of sp³-hybridized carbons (Fsp3) is 0. The van der Waals surface area contributed by atoms with Crippen LogP contribution in [0.2, 0.25) is 10.0 Å². The molecule has 154 valence electrons. The fourth-order valence-corrected chi connectivity index (χ4v) is 3.89. The Kier molecular flexibility index (Phi) is 6.56. The number of hydrogen-bond acceptors (Lipinski definition) is 6. The Bertz CT molecular complexity index is 1230. The van der Waals surface area contributed by atoms with Gasteiger partial charge in [0.1, 0.15) is 5.69 Å². The standard InChI is InChI=1S/C19H14Cl2N4O4S/c20-14-5-3-6-15(10-14)24-30(28,29)16-8-9-18(19(11-16)25(26)27)23-22-12-13-4-1-2-7-17(13)21/h1-12,23-24H. The van der Waals surface area contributed by atoms with Crippen LogP contribution in [0.1, 0.15) is 5.56 Å². The largest absolute Gasteiger partial charge is 0.295 e. The maximum absolute atomic E-state index is 12.6. The molecule has 0 aliphatic carbocycles. The van der Waals surface area contributed by atoms with Gasteiger partial charge >= 0.3 is 0 Å². The van der Waals surface area contributed by atoms with Crippen molar-refractivity contribution in [3.8, 4) is 0 Å². The van der Waals surface area contributed by atoms with Crippen molar-refractivity contribution in [2.75, 3.05) is 10.1 Å². The van der Waals surface area contributed by atoms with Crippen LogP contribution in [0.4, 0.5) is 17.1 Å². The third-order valence-corrected chi connectivity index (χ3v) is 5.81. The van der Waals surface area contributed by atoms with Crippen molar-refractivity contribution >= 4 is 56.5 Å². The summed E-state index contributed by atoms with van der Waals surface area (Å²) >= 11 is 11.9. The second kappa shape index (κ2) is 9.12. The van der Waals surface area contributed by atoms with Gasteiger partial charge in [-0.25, -0.2) is 8.42 Å². The third kappa shape index (κ3) is 5.26. The molecule has 0 saturated heterocycles. The van der Waals surface area contributed by atoms with Gasteiger partial charge in [-0.15, -0.1) is 0 Å². The van der Waals surface area contributed by atoms with E-state index < -0.39 is 20.6 Å². The van der Waals surface area contributed by atoms with E-state index in [0.29, 0.717) is 15.6 Å². The number of nitro groups is 1. The Morgan fingerprint density at radius 1 is 1.00 bits per heavy atom. The molecule has 0 unspecified atom stereocenters. The van der Waals surface area contributed by atoms with E-state index in [1.807, 2.05) is 0 Å². The molecule has 0 spiro atoms. The highest BCUT2D eigenvalue weighted by atomic mass is 35.5. The first-order valence-electron chi connectivity index (χ1n) is 8.37. The summed E-state index contributed by atoms with van der Waals surface area (Å²) in [5, 5.41) is 16.2. The first-order valence-corrected chi connectivity index (χ1v) is 10.6. The van der Waals surface area contributed by atoms with E-state index in [0.717, 1.165) is 6.07 Å². The fourth-order valence-electron chi connectivity index (χ4n) is 2.44. The normalized spacial score (nSPS) is 11.4. The maximum atomic E-state index is 12.6. The van der Waals surface area contributed by atoms with Gasteiger partial charge in [0.05, 0.1) is 21.7 Å². The molecule has 0 radical (unpaired) electrons. The molecule has 0 heterocycles. The van der Waals surface area contributed by atoms with Crippen LogP contribution in [0.5, 0.6) is 0 Å². The molecule has 0 aliphatic rings. The molecule has 0 aromatic heterocycles. The van der Waals surface area contributed by atoms with E-state index in [2.05, 4.69) is 15.2 Å². The summed E-state index contributed by atoms with van der Waals surface area (Å²) in [6.45, 7) is 0. The van der Waals surface area contributed by atoms with Gasteiger partial charge in [0.2, 0.25) is 0 Å². The lowest BCUT2D eigenvalue weighted by Gasteiger charge is -2.09. The predicted octanol–water partition coefficient (Wildman–Crippen LogP) is 5.15. The number of nitro benzene ring substituents is 1. The topological polar surface area (TPSA) is 114 Å². The summed E-state index contributed by atoms with van der Waals surface area (Å²) in [5.74, 6) is 0. The molecular weight excluding hydrogens is 451 g/mol. The summed E-state index contributed by atoms with van der Waals surface area (Å²) < 4.78 is 27.5. The Balaban J connectivity index is 1.86. The quantitative estimate of drug-likeness (QED) is 0.285. The molecular formula is C19H14Cl2N4O4S. The lowest BCUT2D eigenvalue weighted by Crippen LogP contribution is -2.13. The van der Waals surface area contributed by atoms with Crippen LogP contribution in [0.15, 0.2) is 76.7 Å². The molecule has 0 atom stereocenters. The van der Waals surface area contributed by atoms with Crippen molar-refractivity contribution in [1.29, 1.82) is 0 Å². The Labute approximate surface area is 182 Å². The molecule has 3 aromatic rings. The van der Waals surface area contributed by atoms with E-state index in [-0.39, 0.29) is 16.3 Å². The van der Waals surface area contributed by atoms with E-state index in [1.54, 1.807) is 36.4 Å². The molecule has 2 N–H and O–H groups in total. The van der Waals surface area contributed by atoms with Gasteiger partial charge in [0.15, 0.2) is 0 Å². The average molecular weight is 465 g/mol. The van der Waals surface area contributed by atoms with E-state index in [9.17, 15) is 18.5 Å². The summed E-state index contributed by atoms with van der Waals surface area (Å²) in [7, 11) is -4.07. The van der Waals surface area contributed by atoms with Crippen LogP contribution in [0, 0.1) is 10.1 Å². The van der Waals surface area contributed by atoms with Crippen LogP contribution in [0.25, 0.3) is 0 Å². The van der Waals surface area contributed by atoms with E-state index in [1.165, 1.54) is 30.5 Å². The zero-order valence-electron chi connectivity index (χ0n) is 15.1. The van der Waals surface area contributed by atoms with Crippen molar-refractivity contribution in [1.82, 2.24) is 0 Å². The summed E-state index contributed by atoms with van der Waals surface area (Å²) in [4.78, 5) is 10.5. The van der Waals surface area contributed by atoms with Crippen LogP contribution in [0.3, 0.4) is 0 Å². The number of sulfonamides is 1. The molecule has 0 amide bonds. The summed E-state index contributed by atoms with van der Waals surface area (Å²) in [5.41, 5.74) is 2.95. The van der Waals surface area contributed by atoms with Gasteiger partial charge in [-0.05, 0) is 36.4 Å². The Morgan fingerprint density at radius 3 is 2.47 bits per heavy atom. The average Bonchev–Trinajstić information content (AvgIpc) is 2.69. The molecule has 3 rings (SSSR count). The smallest absolute Gasteiger partial charge is 0.280 e. The first kappa shape index (κ1) is 21.6. The van der Waals surface area contributed by atoms with Crippen molar-refractivity contribution in [3.05, 3.63) is 92.5 Å². The molecule has 30 heavy (non-hydrogen) atoms. The zero-order valence-corrected chi connectivity index (χ0v) is 17.4. The van der Waals surface area contributed by atoms with Crippen LogP contribution >= 0.6 is 23.2 Å². The second-order valence-corrected chi connectivity index (χ2v) is 8.47. The first-order chi connectivity index (χ1) is 14.3. The predicted molar refractivity (Wildman–Crippen MR) is 118 cm³/mol. The minimum atomic E-state index is -4.07. The number of nitrogens with one attached hydrogen (secondary N) is 2. The maximum Gasteiger partial charge on any atom is 0.295 e. The van der Waals surface area contributed by atoms with E-state index in [4.69, 9.17) is 23.2 Å². The molecule has 0 saturated carbocycles. The minimum absolute atomic E-state index is 0.0185. The van der Waals surface area contributed by atoms with Crippen LogP contribution < -0.4 is 10.1 Å². The van der Waals surface area contributed by atoms with Gasteiger partial charge < -0.3 is 0 Å². The molecule has 8 nitrogen and oxygen atoms in total. The van der Waals surface area contributed by atoms with Crippen LogP contribution in [-0.4, -0.2) is 19.6 Å². The van der Waals surface area contributed by atoms with Crippen molar-refractivity contribution in [2.24, 2.45) is 5.10 Å². The molecule has 11 heteroatoms. The monoisotopic (exact) mass is 464 g/mol. The number of hydrazone groups is 1. The molecule has 3 aromatic carbocycles. The lowest BCUT2D eigenvalue weighted by atomic mass is 10.2. The highest BCUT2D eigenvalue weighted by Gasteiger charge is 2.21. The van der Waals surface area contributed by atoms with Gasteiger partial charge in [0, 0.05) is 21.7 Å². The van der Waals surface area contributed by atoms with Crippen molar-refractivity contribution in [2.45, 2.75) is 4.90 Å². The van der Waals surface area contributed by atoms with Gasteiger partial charge in [-0.3, -0.25) is 20.3 Å². The SMILES string of the molecule is O=[N+]([O-])c1cc(S(=O)(=O)Nc2cccc(Cl)c2)ccc1NN=Cc1ccccc1Cl. The van der Waals surface area contributed by atoms with Gasteiger partial charge in [0.25, 0.3) is 15.7 Å². The number of nitrogens with zero attached hydrogens (tertiary/aromatic N) is 2. The summed E-state index contributed by atoms with van der Waals surface area (Å²) in [6.07, 6.45) is 1.40. The zero-order chi connectivity index (χ0) is 21.7. The van der Waals surface area contributed by atoms with Crippen LogP contribution in [-0.2, 0) is 10.0 Å². The van der Waals surface area contributed by atoms with Gasteiger partial charge in [-0.1, -0.05) is 47.5 Å². The highest BCUT2D eigenvalue weighted by molar-refractivity contribution is 7.92. The molecule has 0 fully saturated rings. The highest BCUT2D eigenvalue weighted by Crippen LogP contribution is 2.29. The Hall–Kier alpha value is -3.14. The number of anilines is 2.